The smallest absolute Gasteiger partial charge is 0.142 e. The summed E-state index contributed by atoms with van der Waals surface area (Å²) in [4.78, 5) is 0. The summed E-state index contributed by atoms with van der Waals surface area (Å²) in [5, 5.41) is 0.270. The highest BCUT2D eigenvalue weighted by Gasteiger charge is 2.21. The number of nitrogens with one attached hydrogen (secondary N) is 1. The molecule has 2 aromatic carbocycles. The summed E-state index contributed by atoms with van der Waals surface area (Å²) in [5.41, 5.74) is 2.89. The molecule has 0 bridgehead atoms. The Labute approximate surface area is 122 Å². The number of halogens is 4. The second-order valence-corrected chi connectivity index (χ2v) is 5.20. The predicted octanol–water partition coefficient (Wildman–Crippen LogP) is 3.93. The molecule has 100 valence electrons. The van der Waals surface area contributed by atoms with Crippen molar-refractivity contribution < 1.29 is 8.78 Å². The van der Waals surface area contributed by atoms with Crippen LogP contribution in [0.3, 0.4) is 0 Å². The molecule has 0 amide bonds. The maximum atomic E-state index is 14.0. The van der Waals surface area contributed by atoms with Gasteiger partial charge in [0.05, 0.1) is 10.5 Å². The van der Waals surface area contributed by atoms with E-state index < -0.39 is 17.7 Å². The first-order valence-corrected chi connectivity index (χ1v) is 6.56. The van der Waals surface area contributed by atoms with Crippen molar-refractivity contribution in [2.45, 2.75) is 6.04 Å². The summed E-state index contributed by atoms with van der Waals surface area (Å²) in [6.07, 6.45) is 0. The van der Waals surface area contributed by atoms with Gasteiger partial charge in [0.2, 0.25) is 0 Å². The van der Waals surface area contributed by atoms with Gasteiger partial charge in [-0.25, -0.2) is 14.2 Å². The van der Waals surface area contributed by atoms with Crippen molar-refractivity contribution in [1.29, 1.82) is 0 Å². The van der Waals surface area contributed by atoms with Crippen LogP contribution in [0.25, 0.3) is 0 Å². The highest BCUT2D eigenvalue weighted by molar-refractivity contribution is 9.10. The van der Waals surface area contributed by atoms with Crippen LogP contribution in [-0.2, 0) is 0 Å². The minimum Gasteiger partial charge on any atom is -0.271 e. The first-order valence-electron chi connectivity index (χ1n) is 5.39. The van der Waals surface area contributed by atoms with Gasteiger partial charge in [0, 0.05) is 16.1 Å². The fraction of sp³-hybridized carbons (Fsp3) is 0.0769. The van der Waals surface area contributed by atoms with Crippen molar-refractivity contribution in [3.05, 3.63) is 68.7 Å². The van der Waals surface area contributed by atoms with Gasteiger partial charge in [-0.3, -0.25) is 5.84 Å². The lowest BCUT2D eigenvalue weighted by atomic mass is 9.98. The molecule has 0 heterocycles. The molecule has 0 aromatic heterocycles. The lowest BCUT2D eigenvalue weighted by Crippen LogP contribution is -2.30. The van der Waals surface area contributed by atoms with E-state index in [0.717, 1.165) is 6.07 Å². The van der Waals surface area contributed by atoms with Gasteiger partial charge in [0.15, 0.2) is 0 Å². The van der Waals surface area contributed by atoms with Crippen molar-refractivity contribution in [3.8, 4) is 0 Å². The lowest BCUT2D eigenvalue weighted by molar-refractivity contribution is 0.529. The molecule has 0 spiro atoms. The van der Waals surface area contributed by atoms with Gasteiger partial charge in [-0.2, -0.15) is 0 Å². The molecule has 0 aliphatic rings. The lowest BCUT2D eigenvalue weighted by Gasteiger charge is -2.18. The maximum absolute atomic E-state index is 14.0. The van der Waals surface area contributed by atoms with Gasteiger partial charge in [-0.15, -0.1) is 0 Å². The zero-order valence-corrected chi connectivity index (χ0v) is 12.0. The van der Waals surface area contributed by atoms with Crippen LogP contribution in [0.4, 0.5) is 8.78 Å². The van der Waals surface area contributed by atoms with E-state index in [2.05, 4.69) is 21.4 Å². The van der Waals surface area contributed by atoms with E-state index in [1.807, 2.05) is 0 Å². The molecule has 0 aliphatic carbocycles. The standard InChI is InChI=1S/C13H10BrClF2N2/c14-10-3-1-2-9(12(10)17)13(19-18)8-5-4-7(15)6-11(8)16/h1-6,13,19H,18H2. The molecule has 2 nitrogen and oxygen atoms in total. The molecular formula is C13H10BrClF2N2. The van der Waals surface area contributed by atoms with Gasteiger partial charge >= 0.3 is 0 Å². The molecule has 1 unspecified atom stereocenters. The molecule has 0 radical (unpaired) electrons. The van der Waals surface area contributed by atoms with Crippen LogP contribution in [0, 0.1) is 11.6 Å². The Morgan fingerprint density at radius 3 is 2.53 bits per heavy atom. The van der Waals surface area contributed by atoms with Crippen LogP contribution in [0.2, 0.25) is 5.02 Å². The number of nitrogens with two attached hydrogens (primary N) is 1. The molecule has 3 N–H and O–H groups in total. The predicted molar refractivity (Wildman–Crippen MR) is 74.7 cm³/mol. The molecular weight excluding hydrogens is 338 g/mol. The van der Waals surface area contributed by atoms with Gasteiger partial charge in [0.1, 0.15) is 11.6 Å². The Bertz CT molecular complexity index is 607. The third kappa shape index (κ3) is 2.95. The third-order valence-corrected chi connectivity index (χ3v) is 3.58. The Kier molecular flexibility index (Phi) is 4.52. The van der Waals surface area contributed by atoms with Crippen molar-refractivity contribution in [2.24, 2.45) is 5.84 Å². The van der Waals surface area contributed by atoms with E-state index in [9.17, 15) is 8.78 Å². The van der Waals surface area contributed by atoms with Gasteiger partial charge < -0.3 is 0 Å². The Balaban J connectivity index is 2.53. The van der Waals surface area contributed by atoms with Gasteiger partial charge in [-0.05, 0) is 34.1 Å². The Morgan fingerprint density at radius 2 is 1.89 bits per heavy atom. The van der Waals surface area contributed by atoms with Crippen molar-refractivity contribution >= 4 is 27.5 Å². The van der Waals surface area contributed by atoms with E-state index >= 15 is 0 Å². The first-order chi connectivity index (χ1) is 9.04. The van der Waals surface area contributed by atoms with Crippen LogP contribution < -0.4 is 11.3 Å². The fourth-order valence-corrected chi connectivity index (χ4v) is 2.37. The molecule has 2 aromatic rings. The van der Waals surface area contributed by atoms with E-state index in [4.69, 9.17) is 17.4 Å². The van der Waals surface area contributed by atoms with Gasteiger partial charge in [0.25, 0.3) is 0 Å². The number of hydrogen-bond acceptors (Lipinski definition) is 2. The first kappa shape index (κ1) is 14.4. The number of benzene rings is 2. The summed E-state index contributed by atoms with van der Waals surface area (Å²) in [5.74, 6) is 4.40. The molecule has 0 saturated heterocycles. The van der Waals surface area contributed by atoms with Crippen molar-refractivity contribution in [1.82, 2.24) is 5.43 Å². The van der Waals surface area contributed by atoms with Crippen molar-refractivity contribution in [3.63, 3.8) is 0 Å². The summed E-state index contributed by atoms with van der Waals surface area (Å²) in [6, 6.07) is 8.12. The number of hydrogen-bond donors (Lipinski definition) is 2. The second-order valence-electron chi connectivity index (χ2n) is 3.91. The van der Waals surface area contributed by atoms with Gasteiger partial charge in [-0.1, -0.05) is 29.8 Å². The Morgan fingerprint density at radius 1 is 1.16 bits per heavy atom. The minimum atomic E-state index is -0.797. The SMILES string of the molecule is NNC(c1ccc(Cl)cc1F)c1cccc(Br)c1F. The monoisotopic (exact) mass is 346 g/mol. The van der Waals surface area contributed by atoms with Crippen LogP contribution in [0.5, 0.6) is 0 Å². The Hall–Kier alpha value is -1.01. The normalized spacial score (nSPS) is 12.5. The maximum Gasteiger partial charge on any atom is 0.142 e. The van der Waals surface area contributed by atoms with Crippen LogP contribution in [0.15, 0.2) is 40.9 Å². The average Bonchev–Trinajstić information content (AvgIpc) is 2.37. The third-order valence-electron chi connectivity index (χ3n) is 2.73. The number of hydrazine groups is 1. The second kappa shape index (κ2) is 5.96. The highest BCUT2D eigenvalue weighted by Crippen LogP contribution is 2.30. The molecule has 2 rings (SSSR count). The van der Waals surface area contributed by atoms with Crippen LogP contribution in [-0.4, -0.2) is 0 Å². The molecule has 0 saturated carbocycles. The summed E-state index contributed by atoms with van der Waals surface area (Å²) in [6.45, 7) is 0. The van der Waals surface area contributed by atoms with Crippen molar-refractivity contribution in [2.75, 3.05) is 0 Å². The van der Waals surface area contributed by atoms with E-state index in [-0.39, 0.29) is 16.1 Å². The van der Waals surface area contributed by atoms with E-state index in [1.54, 1.807) is 18.2 Å². The largest absolute Gasteiger partial charge is 0.271 e. The summed E-state index contributed by atoms with van der Waals surface area (Å²) < 4.78 is 28.2. The van der Waals surface area contributed by atoms with E-state index in [1.165, 1.54) is 12.1 Å². The highest BCUT2D eigenvalue weighted by atomic mass is 79.9. The number of rotatable bonds is 3. The summed E-state index contributed by atoms with van der Waals surface area (Å²) >= 11 is 8.78. The van der Waals surface area contributed by atoms with E-state index in [0.29, 0.717) is 4.47 Å². The quantitative estimate of drug-likeness (QED) is 0.652. The zero-order chi connectivity index (χ0) is 14.0. The topological polar surface area (TPSA) is 38.0 Å². The molecule has 19 heavy (non-hydrogen) atoms. The molecule has 6 heteroatoms. The summed E-state index contributed by atoms with van der Waals surface area (Å²) in [7, 11) is 0. The minimum absolute atomic E-state index is 0.226. The zero-order valence-electron chi connectivity index (χ0n) is 9.63. The fourth-order valence-electron chi connectivity index (χ4n) is 1.83. The van der Waals surface area contributed by atoms with Crippen LogP contribution in [0.1, 0.15) is 17.2 Å². The molecule has 0 aliphatic heterocycles. The average molecular weight is 348 g/mol. The van der Waals surface area contributed by atoms with Crippen LogP contribution >= 0.6 is 27.5 Å². The molecule has 0 fully saturated rings. The molecule has 1 atom stereocenters.